The molecule has 0 aromatic carbocycles. The average Bonchev–Trinajstić information content (AvgIpc) is 2.20. The molecule has 0 atom stereocenters. The summed E-state index contributed by atoms with van der Waals surface area (Å²) >= 11 is 5.78. The van der Waals surface area contributed by atoms with E-state index < -0.39 is 0 Å². The number of aromatic nitrogens is 1. The number of pyridine rings is 1. The van der Waals surface area contributed by atoms with Crippen LogP contribution in [-0.2, 0) is 0 Å². The van der Waals surface area contributed by atoms with Crippen molar-refractivity contribution in [1.29, 1.82) is 0 Å². The Morgan fingerprint density at radius 1 is 1.50 bits per heavy atom. The third kappa shape index (κ3) is 3.35. The highest BCUT2D eigenvalue weighted by Gasteiger charge is 2.02. The van der Waals surface area contributed by atoms with Crippen LogP contribution in [0.4, 0.5) is 0 Å². The van der Waals surface area contributed by atoms with Crippen LogP contribution in [0.15, 0.2) is 25.4 Å². The highest BCUT2D eigenvalue weighted by molar-refractivity contribution is 6.48. The minimum absolute atomic E-state index is 0.501. The molecule has 0 spiro atoms. The Kier molecular flexibility index (Phi) is 5.89. The van der Waals surface area contributed by atoms with Crippen molar-refractivity contribution in [2.45, 2.75) is 20.8 Å². The van der Waals surface area contributed by atoms with Crippen molar-refractivity contribution < 1.29 is 0 Å². The highest BCUT2D eigenvalue weighted by Crippen LogP contribution is 2.21. The first-order chi connectivity index (χ1) is 6.65. The monoisotopic (exact) mass is 209 g/mol. The van der Waals surface area contributed by atoms with Gasteiger partial charge in [-0.25, -0.2) is 0 Å². The van der Waals surface area contributed by atoms with Gasteiger partial charge in [0.25, 0.3) is 0 Å². The SMILES string of the molecule is C=Cc1ncc(C)cc1C(=C)Cl.CC. The van der Waals surface area contributed by atoms with E-state index in [0.29, 0.717) is 5.03 Å². The fourth-order valence-corrected chi connectivity index (χ4v) is 1.11. The van der Waals surface area contributed by atoms with E-state index in [1.807, 2.05) is 26.8 Å². The molecule has 0 saturated heterocycles. The molecule has 0 amide bonds. The molecule has 1 rings (SSSR count). The van der Waals surface area contributed by atoms with Crippen LogP contribution >= 0.6 is 11.6 Å². The second kappa shape index (κ2) is 6.39. The topological polar surface area (TPSA) is 12.9 Å². The van der Waals surface area contributed by atoms with Gasteiger partial charge in [0.1, 0.15) is 0 Å². The molecule has 0 fully saturated rings. The Hall–Kier alpha value is -1.08. The van der Waals surface area contributed by atoms with Gasteiger partial charge in [-0.2, -0.15) is 0 Å². The molecule has 0 bridgehead atoms. The van der Waals surface area contributed by atoms with Gasteiger partial charge in [0, 0.05) is 16.8 Å². The van der Waals surface area contributed by atoms with E-state index in [1.165, 1.54) is 0 Å². The third-order valence-electron chi connectivity index (χ3n) is 1.54. The zero-order valence-corrected chi connectivity index (χ0v) is 9.73. The van der Waals surface area contributed by atoms with Crippen LogP contribution in [0.3, 0.4) is 0 Å². The minimum atomic E-state index is 0.501. The Balaban J connectivity index is 0.000000791. The normalized spacial score (nSPS) is 8.57. The second-order valence-electron chi connectivity index (χ2n) is 2.55. The van der Waals surface area contributed by atoms with Crippen molar-refractivity contribution >= 4 is 22.7 Å². The lowest BCUT2D eigenvalue weighted by atomic mass is 10.1. The zero-order chi connectivity index (χ0) is 11.1. The van der Waals surface area contributed by atoms with Gasteiger partial charge >= 0.3 is 0 Å². The molecule has 1 aromatic heterocycles. The Labute approximate surface area is 91.1 Å². The van der Waals surface area contributed by atoms with Crippen molar-refractivity contribution in [1.82, 2.24) is 4.98 Å². The number of hydrogen-bond acceptors (Lipinski definition) is 1. The molecule has 0 unspecified atom stereocenters. The minimum Gasteiger partial charge on any atom is -0.256 e. The van der Waals surface area contributed by atoms with Crippen molar-refractivity contribution in [2.75, 3.05) is 0 Å². The number of rotatable bonds is 2. The molecule has 0 aliphatic heterocycles. The van der Waals surface area contributed by atoms with Crippen LogP contribution in [0, 0.1) is 6.92 Å². The summed E-state index contributed by atoms with van der Waals surface area (Å²) in [4.78, 5) is 4.15. The molecule has 0 radical (unpaired) electrons. The van der Waals surface area contributed by atoms with Gasteiger partial charge in [0.05, 0.1) is 5.69 Å². The number of aryl methyl sites for hydroxylation is 1. The van der Waals surface area contributed by atoms with Gasteiger partial charge in [0.15, 0.2) is 0 Å². The van der Waals surface area contributed by atoms with E-state index >= 15 is 0 Å². The Morgan fingerprint density at radius 3 is 2.50 bits per heavy atom. The fraction of sp³-hybridized carbons (Fsp3) is 0.250. The van der Waals surface area contributed by atoms with Gasteiger partial charge < -0.3 is 0 Å². The van der Waals surface area contributed by atoms with Gasteiger partial charge in [-0.05, 0) is 24.6 Å². The molecule has 0 saturated carbocycles. The van der Waals surface area contributed by atoms with Crippen LogP contribution in [0.2, 0.25) is 0 Å². The summed E-state index contributed by atoms with van der Waals surface area (Å²) in [6.45, 7) is 13.3. The lowest BCUT2D eigenvalue weighted by molar-refractivity contribution is 1.23. The molecular weight excluding hydrogens is 194 g/mol. The molecule has 76 valence electrons. The van der Waals surface area contributed by atoms with Crippen molar-refractivity contribution in [3.05, 3.63) is 42.2 Å². The summed E-state index contributed by atoms with van der Waals surface area (Å²) in [7, 11) is 0. The summed E-state index contributed by atoms with van der Waals surface area (Å²) in [6, 6.07) is 1.94. The first-order valence-corrected chi connectivity index (χ1v) is 4.97. The molecule has 0 aliphatic carbocycles. The molecule has 1 aromatic rings. The van der Waals surface area contributed by atoms with Gasteiger partial charge in [-0.1, -0.05) is 38.6 Å². The average molecular weight is 210 g/mol. The fourth-order valence-electron chi connectivity index (χ4n) is 0.960. The Morgan fingerprint density at radius 2 is 2.07 bits per heavy atom. The highest BCUT2D eigenvalue weighted by atomic mass is 35.5. The predicted octanol–water partition coefficient (Wildman–Crippen LogP) is 4.27. The molecule has 2 heteroatoms. The summed E-state index contributed by atoms with van der Waals surface area (Å²) in [5.41, 5.74) is 2.70. The quantitative estimate of drug-likeness (QED) is 0.709. The molecule has 0 N–H and O–H groups in total. The van der Waals surface area contributed by atoms with Crippen LogP contribution in [0.25, 0.3) is 11.1 Å². The van der Waals surface area contributed by atoms with E-state index in [0.717, 1.165) is 16.8 Å². The number of nitrogens with zero attached hydrogens (tertiary/aromatic N) is 1. The standard InChI is InChI=1S/C10H10ClN.C2H6/c1-4-10-9(8(3)11)5-7(2)6-12-10;1-2/h4-6H,1,3H2,2H3;1-2H3. The van der Waals surface area contributed by atoms with Crippen LogP contribution in [0.5, 0.6) is 0 Å². The molecule has 14 heavy (non-hydrogen) atoms. The van der Waals surface area contributed by atoms with Gasteiger partial charge in [0.2, 0.25) is 0 Å². The van der Waals surface area contributed by atoms with Gasteiger partial charge in [-0.15, -0.1) is 0 Å². The lowest BCUT2D eigenvalue weighted by Gasteiger charge is -2.03. The molecule has 1 nitrogen and oxygen atoms in total. The summed E-state index contributed by atoms with van der Waals surface area (Å²) in [5, 5.41) is 0.501. The Bertz CT molecular complexity index is 329. The largest absolute Gasteiger partial charge is 0.256 e. The third-order valence-corrected chi connectivity index (χ3v) is 1.74. The first kappa shape index (κ1) is 12.9. The van der Waals surface area contributed by atoms with Crippen molar-refractivity contribution in [3.8, 4) is 0 Å². The van der Waals surface area contributed by atoms with Crippen molar-refractivity contribution in [3.63, 3.8) is 0 Å². The molecule has 0 aliphatic rings. The first-order valence-electron chi connectivity index (χ1n) is 4.59. The van der Waals surface area contributed by atoms with Crippen LogP contribution in [-0.4, -0.2) is 4.98 Å². The molecular formula is C12H16ClN. The maximum atomic E-state index is 5.78. The van der Waals surface area contributed by atoms with Gasteiger partial charge in [-0.3, -0.25) is 4.98 Å². The van der Waals surface area contributed by atoms with E-state index in [-0.39, 0.29) is 0 Å². The van der Waals surface area contributed by atoms with Crippen LogP contribution in [0.1, 0.15) is 30.7 Å². The van der Waals surface area contributed by atoms with E-state index in [2.05, 4.69) is 18.1 Å². The second-order valence-corrected chi connectivity index (χ2v) is 3.01. The summed E-state index contributed by atoms with van der Waals surface area (Å²) < 4.78 is 0. The smallest absolute Gasteiger partial charge is 0.0711 e. The maximum absolute atomic E-state index is 5.78. The van der Waals surface area contributed by atoms with E-state index in [9.17, 15) is 0 Å². The zero-order valence-electron chi connectivity index (χ0n) is 8.97. The maximum Gasteiger partial charge on any atom is 0.0711 e. The molecule has 1 heterocycles. The van der Waals surface area contributed by atoms with Crippen molar-refractivity contribution in [2.24, 2.45) is 0 Å². The van der Waals surface area contributed by atoms with Crippen LogP contribution < -0.4 is 0 Å². The number of hydrogen-bond donors (Lipinski definition) is 0. The number of halogens is 1. The lowest BCUT2D eigenvalue weighted by Crippen LogP contribution is -1.89. The predicted molar refractivity (Wildman–Crippen MR) is 65.3 cm³/mol. The summed E-state index contributed by atoms with van der Waals surface area (Å²) in [6.07, 6.45) is 3.45. The summed E-state index contributed by atoms with van der Waals surface area (Å²) in [5.74, 6) is 0. The van der Waals surface area contributed by atoms with E-state index in [4.69, 9.17) is 11.6 Å². The van der Waals surface area contributed by atoms with E-state index in [1.54, 1.807) is 12.3 Å².